The van der Waals surface area contributed by atoms with Gasteiger partial charge in [-0.25, -0.2) is 13.1 Å². The molecule has 1 rings (SSSR count). The summed E-state index contributed by atoms with van der Waals surface area (Å²) in [5.41, 5.74) is 6.27. The molecule has 0 unspecified atom stereocenters. The maximum Gasteiger partial charge on any atom is 0.240 e. The standard InChI is InChI=1S/C14H25N3O2S/c1-14(2,17(3)4)11-16-20(18,19)13-7-5-12(6-8-13)9-10-15/h5-8,16H,9-11,15H2,1-4H3. The Bertz CT molecular complexity index is 522. The van der Waals surface area contributed by atoms with E-state index in [1.54, 1.807) is 24.3 Å². The zero-order chi connectivity index (χ0) is 15.4. The van der Waals surface area contributed by atoms with E-state index in [4.69, 9.17) is 5.73 Å². The second kappa shape index (κ2) is 6.67. The van der Waals surface area contributed by atoms with Crippen molar-refractivity contribution in [2.75, 3.05) is 27.2 Å². The largest absolute Gasteiger partial charge is 0.330 e. The van der Waals surface area contributed by atoms with Crippen molar-refractivity contribution >= 4 is 10.0 Å². The number of nitrogens with two attached hydrogens (primary N) is 1. The summed E-state index contributed by atoms with van der Waals surface area (Å²) in [7, 11) is 0.386. The lowest BCUT2D eigenvalue weighted by Gasteiger charge is -2.32. The van der Waals surface area contributed by atoms with Crippen molar-refractivity contribution in [2.45, 2.75) is 30.7 Å². The molecule has 20 heavy (non-hydrogen) atoms. The third kappa shape index (κ3) is 4.56. The molecule has 0 atom stereocenters. The van der Waals surface area contributed by atoms with E-state index in [-0.39, 0.29) is 10.4 Å². The lowest BCUT2D eigenvalue weighted by Crippen LogP contribution is -2.48. The van der Waals surface area contributed by atoms with Crippen LogP contribution in [0.3, 0.4) is 0 Å². The number of sulfonamides is 1. The summed E-state index contributed by atoms with van der Waals surface area (Å²) in [4.78, 5) is 2.27. The van der Waals surface area contributed by atoms with Crippen LogP contribution in [-0.4, -0.2) is 46.0 Å². The Kier molecular flexibility index (Phi) is 5.70. The topological polar surface area (TPSA) is 75.4 Å². The van der Waals surface area contributed by atoms with E-state index in [0.29, 0.717) is 13.1 Å². The average molecular weight is 299 g/mol. The van der Waals surface area contributed by atoms with Crippen molar-refractivity contribution in [1.82, 2.24) is 9.62 Å². The van der Waals surface area contributed by atoms with Gasteiger partial charge in [0.1, 0.15) is 0 Å². The summed E-state index contributed by atoms with van der Waals surface area (Å²) in [6.45, 7) is 4.88. The Morgan fingerprint density at radius 1 is 1.20 bits per heavy atom. The Balaban J connectivity index is 2.79. The minimum Gasteiger partial charge on any atom is -0.330 e. The predicted molar refractivity (Wildman–Crippen MR) is 82.2 cm³/mol. The Morgan fingerprint density at radius 2 is 1.75 bits per heavy atom. The fraction of sp³-hybridized carbons (Fsp3) is 0.571. The molecule has 0 fully saturated rings. The molecular formula is C14H25N3O2S. The van der Waals surface area contributed by atoms with Crippen molar-refractivity contribution in [1.29, 1.82) is 0 Å². The Hall–Kier alpha value is -0.950. The van der Waals surface area contributed by atoms with Crippen LogP contribution in [0.4, 0.5) is 0 Å². The van der Waals surface area contributed by atoms with Gasteiger partial charge in [-0.1, -0.05) is 12.1 Å². The van der Waals surface area contributed by atoms with Crippen LogP contribution in [0.2, 0.25) is 0 Å². The van der Waals surface area contributed by atoms with Gasteiger partial charge in [-0.05, 0) is 58.6 Å². The van der Waals surface area contributed by atoms with E-state index < -0.39 is 10.0 Å². The van der Waals surface area contributed by atoms with E-state index in [9.17, 15) is 8.42 Å². The van der Waals surface area contributed by atoms with Crippen molar-refractivity contribution in [3.8, 4) is 0 Å². The number of hydrogen-bond donors (Lipinski definition) is 2. The first kappa shape index (κ1) is 17.1. The first-order valence-electron chi connectivity index (χ1n) is 6.65. The molecule has 0 saturated carbocycles. The molecular weight excluding hydrogens is 274 g/mol. The first-order valence-corrected chi connectivity index (χ1v) is 8.13. The number of rotatable bonds is 7. The molecule has 114 valence electrons. The quantitative estimate of drug-likeness (QED) is 0.781. The highest BCUT2D eigenvalue weighted by Gasteiger charge is 2.24. The van der Waals surface area contributed by atoms with E-state index in [2.05, 4.69) is 4.72 Å². The normalized spacial score (nSPS) is 12.9. The fourth-order valence-electron chi connectivity index (χ4n) is 1.52. The number of nitrogens with one attached hydrogen (secondary N) is 1. The number of likely N-dealkylation sites (N-methyl/N-ethyl adjacent to an activating group) is 1. The zero-order valence-corrected chi connectivity index (χ0v) is 13.5. The van der Waals surface area contributed by atoms with Gasteiger partial charge in [0.15, 0.2) is 0 Å². The molecule has 0 aliphatic rings. The molecule has 0 heterocycles. The highest BCUT2D eigenvalue weighted by atomic mass is 32.2. The van der Waals surface area contributed by atoms with E-state index in [0.717, 1.165) is 12.0 Å². The third-order valence-electron chi connectivity index (χ3n) is 3.57. The van der Waals surface area contributed by atoms with Crippen LogP contribution in [-0.2, 0) is 16.4 Å². The van der Waals surface area contributed by atoms with Crippen LogP contribution in [0.5, 0.6) is 0 Å². The van der Waals surface area contributed by atoms with Gasteiger partial charge in [0, 0.05) is 12.1 Å². The number of benzene rings is 1. The van der Waals surface area contributed by atoms with Crippen LogP contribution in [0.1, 0.15) is 19.4 Å². The molecule has 0 aromatic heterocycles. The van der Waals surface area contributed by atoms with Crippen LogP contribution in [0.15, 0.2) is 29.2 Å². The summed E-state index contributed by atoms with van der Waals surface area (Å²) >= 11 is 0. The van der Waals surface area contributed by atoms with Crippen molar-refractivity contribution in [3.63, 3.8) is 0 Å². The lowest BCUT2D eigenvalue weighted by molar-refractivity contribution is 0.199. The monoisotopic (exact) mass is 299 g/mol. The van der Waals surface area contributed by atoms with Gasteiger partial charge in [0.2, 0.25) is 10.0 Å². The molecule has 5 nitrogen and oxygen atoms in total. The van der Waals surface area contributed by atoms with Crippen LogP contribution in [0, 0.1) is 0 Å². The Labute approximate surface area is 122 Å². The average Bonchev–Trinajstić information content (AvgIpc) is 2.38. The molecule has 0 spiro atoms. The SMILES string of the molecule is CN(C)C(C)(C)CNS(=O)(=O)c1ccc(CCN)cc1. The first-order chi connectivity index (χ1) is 9.19. The second-order valence-corrected chi connectivity index (χ2v) is 7.48. The molecule has 1 aromatic carbocycles. The van der Waals surface area contributed by atoms with E-state index in [1.807, 2.05) is 32.8 Å². The zero-order valence-electron chi connectivity index (χ0n) is 12.7. The molecule has 0 amide bonds. The molecule has 6 heteroatoms. The van der Waals surface area contributed by atoms with Gasteiger partial charge in [0.25, 0.3) is 0 Å². The van der Waals surface area contributed by atoms with Gasteiger partial charge >= 0.3 is 0 Å². The molecule has 0 aliphatic heterocycles. The molecule has 0 saturated heterocycles. The summed E-state index contributed by atoms with van der Waals surface area (Å²) in [5.74, 6) is 0. The van der Waals surface area contributed by atoms with Crippen LogP contribution < -0.4 is 10.5 Å². The fourth-order valence-corrected chi connectivity index (χ4v) is 2.72. The van der Waals surface area contributed by atoms with Crippen molar-refractivity contribution in [3.05, 3.63) is 29.8 Å². The summed E-state index contributed by atoms with van der Waals surface area (Å²) in [6.07, 6.45) is 0.751. The Morgan fingerprint density at radius 3 is 2.20 bits per heavy atom. The lowest BCUT2D eigenvalue weighted by atomic mass is 10.1. The molecule has 1 aromatic rings. The molecule has 0 radical (unpaired) electrons. The third-order valence-corrected chi connectivity index (χ3v) is 4.99. The second-order valence-electron chi connectivity index (χ2n) is 5.71. The van der Waals surface area contributed by atoms with Gasteiger partial charge in [0.05, 0.1) is 4.90 Å². The van der Waals surface area contributed by atoms with Gasteiger partial charge < -0.3 is 10.6 Å². The predicted octanol–water partition coefficient (Wildman–Crippen LogP) is 0.806. The highest BCUT2D eigenvalue weighted by Crippen LogP contribution is 2.13. The minimum absolute atomic E-state index is 0.243. The minimum atomic E-state index is -3.47. The maximum atomic E-state index is 12.2. The van der Waals surface area contributed by atoms with E-state index in [1.165, 1.54) is 0 Å². The van der Waals surface area contributed by atoms with E-state index >= 15 is 0 Å². The maximum absolute atomic E-state index is 12.2. The number of hydrogen-bond acceptors (Lipinski definition) is 4. The number of nitrogens with zero attached hydrogens (tertiary/aromatic N) is 1. The van der Waals surface area contributed by atoms with Crippen molar-refractivity contribution in [2.24, 2.45) is 5.73 Å². The van der Waals surface area contributed by atoms with Crippen LogP contribution >= 0.6 is 0 Å². The summed E-state index contributed by atoms with van der Waals surface area (Å²) in [6, 6.07) is 6.85. The van der Waals surface area contributed by atoms with Gasteiger partial charge in [-0.15, -0.1) is 0 Å². The molecule has 0 bridgehead atoms. The summed E-state index contributed by atoms with van der Waals surface area (Å²) < 4.78 is 27.1. The summed E-state index contributed by atoms with van der Waals surface area (Å²) in [5, 5.41) is 0. The smallest absolute Gasteiger partial charge is 0.240 e. The molecule has 0 aliphatic carbocycles. The van der Waals surface area contributed by atoms with Crippen LogP contribution in [0.25, 0.3) is 0 Å². The molecule has 3 N–H and O–H groups in total. The van der Waals surface area contributed by atoms with Crippen molar-refractivity contribution < 1.29 is 8.42 Å². The van der Waals surface area contributed by atoms with Gasteiger partial charge in [-0.3, -0.25) is 0 Å². The highest BCUT2D eigenvalue weighted by molar-refractivity contribution is 7.89. The van der Waals surface area contributed by atoms with Gasteiger partial charge in [-0.2, -0.15) is 0 Å².